The van der Waals surface area contributed by atoms with Crippen molar-refractivity contribution in [2.45, 2.75) is 31.9 Å². The minimum Gasteiger partial charge on any atom is -1.00 e. The summed E-state index contributed by atoms with van der Waals surface area (Å²) < 4.78 is 0.881. The molecular weight excluding hydrogens is 378 g/mol. The van der Waals surface area contributed by atoms with Gasteiger partial charge in [0.15, 0.2) is 0 Å². The zero-order valence-corrected chi connectivity index (χ0v) is 18.4. The molecule has 3 rings (SSSR count). The molecule has 0 aliphatic heterocycles. The highest BCUT2D eigenvalue weighted by atomic mass is 35.5. The number of hydrogen-bond acceptors (Lipinski definition) is 1. The summed E-state index contributed by atoms with van der Waals surface area (Å²) in [6.07, 6.45) is 0.628. The van der Waals surface area contributed by atoms with Crippen molar-refractivity contribution < 1.29 is 22.0 Å². The minimum absolute atomic E-state index is 0. The van der Waals surface area contributed by atoms with Gasteiger partial charge in [0.2, 0.25) is 0 Å². The van der Waals surface area contributed by atoms with Gasteiger partial charge in [0.25, 0.3) is 0 Å². The molecule has 0 saturated carbocycles. The first kappa shape index (κ1) is 23.2. The Balaban J connectivity index is 0.00000300. The molecular formula is C26H32ClNO. The first-order valence-corrected chi connectivity index (χ1v) is 10.3. The molecule has 0 saturated heterocycles. The Hall–Kier alpha value is -2.13. The number of nitrogens with zero attached hydrogens (tertiary/aromatic N) is 1. The molecule has 0 bridgehead atoms. The Kier molecular flexibility index (Phi) is 8.04. The zero-order valence-electron chi connectivity index (χ0n) is 17.6. The number of rotatable bonds is 8. The molecule has 3 heteroatoms. The molecule has 29 heavy (non-hydrogen) atoms. The molecule has 2 nitrogen and oxygen atoms in total. The highest BCUT2D eigenvalue weighted by Gasteiger charge is 2.41. The van der Waals surface area contributed by atoms with E-state index >= 15 is 0 Å². The van der Waals surface area contributed by atoms with E-state index in [0.29, 0.717) is 6.42 Å². The maximum Gasteiger partial charge on any atom is 0.121 e. The fourth-order valence-corrected chi connectivity index (χ4v) is 4.15. The lowest BCUT2D eigenvalue weighted by Crippen LogP contribution is -3.00. The van der Waals surface area contributed by atoms with Crippen LogP contribution < -0.4 is 12.4 Å². The maximum absolute atomic E-state index is 12.1. The van der Waals surface area contributed by atoms with E-state index in [4.69, 9.17) is 0 Å². The lowest BCUT2D eigenvalue weighted by molar-refractivity contribution is -0.937. The van der Waals surface area contributed by atoms with Crippen molar-refractivity contribution in [2.75, 3.05) is 20.1 Å². The van der Waals surface area contributed by atoms with Gasteiger partial charge in [0, 0.05) is 12.0 Å². The second kappa shape index (κ2) is 10.1. The molecule has 0 spiro atoms. The van der Waals surface area contributed by atoms with E-state index < -0.39 is 5.60 Å². The lowest BCUT2D eigenvalue weighted by atomic mass is 9.79. The fraction of sp³-hybridized carbons (Fsp3) is 0.308. The number of benzene rings is 3. The molecule has 0 aliphatic carbocycles. The molecule has 3 aromatic rings. The summed E-state index contributed by atoms with van der Waals surface area (Å²) in [7, 11) is 2.30. The molecule has 1 N–H and O–H groups in total. The summed E-state index contributed by atoms with van der Waals surface area (Å²) in [4.78, 5) is 0. The molecule has 154 valence electrons. The van der Waals surface area contributed by atoms with Crippen LogP contribution in [0.25, 0.3) is 0 Å². The highest BCUT2D eigenvalue weighted by molar-refractivity contribution is 5.36. The van der Waals surface area contributed by atoms with Crippen molar-refractivity contribution in [3.8, 4) is 0 Å². The first-order chi connectivity index (χ1) is 13.5. The van der Waals surface area contributed by atoms with Gasteiger partial charge in [-0.3, -0.25) is 0 Å². The van der Waals surface area contributed by atoms with E-state index in [-0.39, 0.29) is 18.4 Å². The van der Waals surface area contributed by atoms with E-state index in [1.165, 1.54) is 5.56 Å². The van der Waals surface area contributed by atoms with E-state index in [2.05, 4.69) is 51.2 Å². The van der Waals surface area contributed by atoms with Gasteiger partial charge in [-0.05, 0) is 25.0 Å². The van der Waals surface area contributed by atoms with Crippen molar-refractivity contribution in [1.29, 1.82) is 0 Å². The second-order valence-electron chi connectivity index (χ2n) is 7.83. The molecule has 1 atom stereocenters. The average molecular weight is 410 g/mol. The third-order valence-corrected chi connectivity index (χ3v) is 6.37. The van der Waals surface area contributed by atoms with Gasteiger partial charge in [0.1, 0.15) is 11.6 Å². The normalized spacial score (nSPS) is 12.8. The van der Waals surface area contributed by atoms with E-state index in [9.17, 15) is 5.11 Å². The zero-order chi connectivity index (χ0) is 20.0. The topological polar surface area (TPSA) is 20.2 Å². The van der Waals surface area contributed by atoms with Crippen LogP contribution >= 0.6 is 0 Å². The number of aliphatic hydroxyl groups is 1. The largest absolute Gasteiger partial charge is 1.00 e. The number of halogens is 1. The van der Waals surface area contributed by atoms with Crippen LogP contribution in [-0.2, 0) is 5.60 Å². The van der Waals surface area contributed by atoms with Gasteiger partial charge in [-0.1, -0.05) is 91.0 Å². The molecule has 0 aliphatic rings. The number of quaternary nitrogens is 1. The van der Waals surface area contributed by atoms with Gasteiger partial charge in [-0.2, -0.15) is 0 Å². The van der Waals surface area contributed by atoms with Crippen LogP contribution in [0.5, 0.6) is 0 Å². The van der Waals surface area contributed by atoms with E-state index in [0.717, 1.165) is 28.7 Å². The lowest BCUT2D eigenvalue weighted by Gasteiger charge is -2.44. The Bertz CT molecular complexity index is 808. The second-order valence-corrected chi connectivity index (χ2v) is 7.83. The van der Waals surface area contributed by atoms with Crippen molar-refractivity contribution in [3.05, 3.63) is 108 Å². The molecule has 0 heterocycles. The van der Waals surface area contributed by atoms with Crippen LogP contribution in [0, 0.1) is 0 Å². The monoisotopic (exact) mass is 409 g/mol. The van der Waals surface area contributed by atoms with Gasteiger partial charge >= 0.3 is 0 Å². The molecule has 3 aromatic carbocycles. The summed E-state index contributed by atoms with van der Waals surface area (Å²) in [5.74, 6) is 0. The van der Waals surface area contributed by atoms with Gasteiger partial charge in [-0.25, -0.2) is 0 Å². The van der Waals surface area contributed by atoms with Crippen molar-refractivity contribution >= 4 is 0 Å². The SMILES string of the molecule is CC[N+](C)(CC)C(CC(O)(c1ccccc1)c1ccccc1)c1ccccc1.[Cl-]. The third-order valence-electron chi connectivity index (χ3n) is 6.37. The standard InChI is InChI=1S/C26H32NO.ClH/c1-4-27(3,5-2)25(22-15-9-6-10-16-22)21-26(28,23-17-11-7-12-18-23)24-19-13-8-14-20-24;/h6-20,25,28H,4-5,21H2,1-3H3;1H/q+1;/p-1. The van der Waals surface area contributed by atoms with Gasteiger partial charge in [0.05, 0.1) is 20.1 Å². The summed E-state index contributed by atoms with van der Waals surface area (Å²) >= 11 is 0. The van der Waals surface area contributed by atoms with Crippen LogP contribution in [0.4, 0.5) is 0 Å². The Morgan fingerprint density at radius 1 is 0.724 bits per heavy atom. The Morgan fingerprint density at radius 3 is 1.48 bits per heavy atom. The van der Waals surface area contributed by atoms with E-state index in [1.807, 2.05) is 60.7 Å². The van der Waals surface area contributed by atoms with E-state index in [1.54, 1.807) is 0 Å². The van der Waals surface area contributed by atoms with Gasteiger partial charge < -0.3 is 22.0 Å². The number of hydrogen-bond donors (Lipinski definition) is 1. The van der Waals surface area contributed by atoms with Crippen LogP contribution in [-0.4, -0.2) is 29.7 Å². The van der Waals surface area contributed by atoms with Crippen LogP contribution in [0.2, 0.25) is 0 Å². The predicted molar refractivity (Wildman–Crippen MR) is 117 cm³/mol. The van der Waals surface area contributed by atoms with Crippen molar-refractivity contribution in [1.82, 2.24) is 0 Å². The highest BCUT2D eigenvalue weighted by Crippen LogP contribution is 2.42. The molecule has 0 fully saturated rings. The Morgan fingerprint density at radius 2 is 1.10 bits per heavy atom. The third kappa shape index (κ3) is 4.90. The smallest absolute Gasteiger partial charge is 0.121 e. The van der Waals surface area contributed by atoms with Crippen molar-refractivity contribution in [3.63, 3.8) is 0 Å². The minimum atomic E-state index is -1.05. The molecule has 1 unspecified atom stereocenters. The Labute approximate surface area is 181 Å². The summed E-state index contributed by atoms with van der Waals surface area (Å²) in [6.45, 7) is 6.50. The fourth-order valence-electron chi connectivity index (χ4n) is 4.15. The van der Waals surface area contributed by atoms with Crippen molar-refractivity contribution in [2.24, 2.45) is 0 Å². The maximum atomic E-state index is 12.1. The van der Waals surface area contributed by atoms with Gasteiger partial charge in [-0.15, -0.1) is 0 Å². The van der Waals surface area contributed by atoms with Crippen LogP contribution in [0.1, 0.15) is 43.0 Å². The average Bonchev–Trinajstić information content (AvgIpc) is 2.78. The summed E-state index contributed by atoms with van der Waals surface area (Å²) in [5.41, 5.74) is 2.12. The molecule has 0 amide bonds. The quantitative estimate of drug-likeness (QED) is 0.567. The van der Waals surface area contributed by atoms with Crippen LogP contribution in [0.3, 0.4) is 0 Å². The van der Waals surface area contributed by atoms with Crippen LogP contribution in [0.15, 0.2) is 91.0 Å². The first-order valence-electron chi connectivity index (χ1n) is 10.3. The predicted octanol–water partition coefficient (Wildman–Crippen LogP) is 2.54. The summed E-state index contributed by atoms with van der Waals surface area (Å²) in [6, 6.07) is 31.0. The molecule has 0 radical (unpaired) electrons. The summed E-state index contributed by atoms with van der Waals surface area (Å²) in [5, 5.41) is 12.1. The molecule has 0 aromatic heterocycles.